The van der Waals surface area contributed by atoms with Crippen LogP contribution in [-0.2, 0) is 91.9 Å². The number of ether oxygens (including phenoxy) is 8. The number of carboxylic acids is 1. The monoisotopic (exact) mass is 2030 g/mol. The molecule has 22 N–H and O–H groups in total. The Morgan fingerprint density at radius 2 is 1.33 bits per heavy atom. The number of aliphatic carboxylic acids is 1. The first-order valence-electron chi connectivity index (χ1n) is 44.5. The van der Waals surface area contributed by atoms with Crippen LogP contribution in [0.2, 0.25) is 10.0 Å². The van der Waals surface area contributed by atoms with Gasteiger partial charge in [0.05, 0.1) is 58.6 Å². The number of aromatic hydroxyl groups is 3. The van der Waals surface area contributed by atoms with Crippen molar-refractivity contribution in [2.45, 2.75) is 247 Å². The summed E-state index contributed by atoms with van der Waals surface area (Å²) in [5.41, 5.74) is -2.20. The van der Waals surface area contributed by atoms with E-state index in [1.807, 2.05) is 0 Å². The van der Waals surface area contributed by atoms with Crippen LogP contribution in [-0.4, -0.2) is 252 Å². The van der Waals surface area contributed by atoms with E-state index in [1.54, 1.807) is 20.8 Å². The van der Waals surface area contributed by atoms with E-state index in [9.17, 15) is 93.5 Å². The van der Waals surface area contributed by atoms with Crippen molar-refractivity contribution in [1.29, 1.82) is 0 Å². The lowest BCUT2D eigenvalue weighted by Gasteiger charge is -2.48. The minimum atomic E-state index is -2.45. The third-order valence-electron chi connectivity index (χ3n) is 24.0. The summed E-state index contributed by atoms with van der Waals surface area (Å²) in [7, 11) is -0.276. The molecule has 0 unspecified atom stereocenters. The van der Waals surface area contributed by atoms with Crippen LogP contribution < -0.4 is 73.1 Å². The molecule has 18 atom stereocenters. The SMILES string of the molecule is CCCCCCCCCCN(CCN[C@@]1(C)C[C@H](O[C@H]2[C@H](Oc3c4cc5cc3Oc3ccc(cc3Cl)[C@@H](O)[C@@H](NC(=O)[C@@H](CC(C)C)NC)C(=O)N[C@@H](CC(N)=O)C(=O)N[C@H]5C(=O)N[C@H]3C(=O)N[C@H](C(=O)N[C@H](C(=O)O)c5cc(O)c(CNCP=O)c(O)c5-c5cc3ccc5O)[C@H](O)c3ccc(c(Cl)c3)O4)O[C@H](CO)[C@@H](O)[C@@H]2O)O[C@@H](C)[C@H]1O)C(=O)OCOC(=O)C(C)(C)CC(=O)NC(P=O)P=O. The summed E-state index contributed by atoms with van der Waals surface area (Å²) in [6, 6.07) is -2.48. The van der Waals surface area contributed by atoms with Gasteiger partial charge in [-0.1, -0.05) is 107 Å². The number of halogens is 2. The Morgan fingerprint density at radius 1 is 0.710 bits per heavy atom. The zero-order valence-electron chi connectivity index (χ0n) is 76.4. The van der Waals surface area contributed by atoms with Crippen molar-refractivity contribution in [3.05, 3.63) is 116 Å². The highest BCUT2D eigenvalue weighted by Gasteiger charge is 2.53. The van der Waals surface area contributed by atoms with Gasteiger partial charge in [-0.2, -0.15) is 0 Å². The second-order valence-electron chi connectivity index (χ2n) is 35.2. The zero-order valence-corrected chi connectivity index (χ0v) is 80.6. The second-order valence-corrected chi connectivity index (χ2v) is 38.4. The Kier molecular flexibility index (Phi) is 39.1. The molecular formula is C89H115Cl2N12O32P3. The van der Waals surface area contributed by atoms with E-state index in [0.29, 0.717) is 12.8 Å². The van der Waals surface area contributed by atoms with Crippen molar-refractivity contribution in [2.75, 3.05) is 46.4 Å². The van der Waals surface area contributed by atoms with Gasteiger partial charge in [0, 0.05) is 61.2 Å². The molecule has 2 fully saturated rings. The van der Waals surface area contributed by atoms with Crippen molar-refractivity contribution < 1.29 is 155 Å². The van der Waals surface area contributed by atoms with E-state index < -0.39 is 333 Å². The molecule has 44 nitrogen and oxygen atoms in total. The third-order valence-corrected chi connectivity index (χ3v) is 26.1. The number of nitrogens with two attached hydrogens (primary N) is 1. The van der Waals surface area contributed by atoms with Gasteiger partial charge in [-0.15, -0.1) is 0 Å². The van der Waals surface area contributed by atoms with Gasteiger partial charge in [-0.25, -0.2) is 9.59 Å². The maximum atomic E-state index is 16.4. The lowest BCUT2D eigenvalue weighted by molar-refractivity contribution is -0.334. The van der Waals surface area contributed by atoms with Gasteiger partial charge in [0.2, 0.25) is 66.1 Å². The summed E-state index contributed by atoms with van der Waals surface area (Å²) >= 11 is 14.4. The Bertz CT molecular complexity index is 5300. The predicted molar refractivity (Wildman–Crippen MR) is 490 cm³/mol. The number of hydrogen-bond acceptors (Lipinski definition) is 34. The van der Waals surface area contributed by atoms with Gasteiger partial charge in [0.1, 0.15) is 89.5 Å². The number of benzene rings is 5. The van der Waals surface area contributed by atoms with Crippen molar-refractivity contribution in [1.82, 2.24) is 58.1 Å². The molecule has 11 bridgehead atoms. The normalized spacial score (nSPS) is 25.0. The predicted octanol–water partition coefficient (Wildman–Crippen LogP) is 5.56. The zero-order chi connectivity index (χ0) is 101. The van der Waals surface area contributed by atoms with Crippen molar-refractivity contribution in [3.63, 3.8) is 0 Å². The molecule has 138 heavy (non-hydrogen) atoms. The summed E-state index contributed by atoms with van der Waals surface area (Å²) in [4.78, 5) is 161. The largest absolute Gasteiger partial charge is 0.507 e. The van der Waals surface area contributed by atoms with Crippen LogP contribution in [0.15, 0.2) is 72.8 Å². The number of nitrogens with one attached hydrogen (secondary N) is 10. The number of primary amides is 1. The smallest absolute Gasteiger partial charge is 0.412 e. The maximum Gasteiger partial charge on any atom is 0.412 e. The van der Waals surface area contributed by atoms with Gasteiger partial charge < -0.3 is 153 Å². The Labute approximate surface area is 806 Å². The molecule has 0 spiro atoms. The van der Waals surface area contributed by atoms with Crippen LogP contribution >= 0.6 is 48.6 Å². The average Bonchev–Trinajstić information content (AvgIpc) is 0.774. The van der Waals surface area contributed by atoms with Crippen molar-refractivity contribution in [3.8, 4) is 57.1 Å². The lowest BCUT2D eigenvalue weighted by Crippen LogP contribution is -2.66. The fourth-order valence-electron chi connectivity index (χ4n) is 16.5. The standard InChI is InChI=1S/C89H115Cl2N12O32P3/c1-9-10-11-12-13-14-15-16-24-103(87(124)129-39-128-85(123)88(5,6)34-61(108)97-86(137-126)138-127)25-23-95-89(7)35-62(130-41(4)76(89)114)134-75-73(113)72(112)59(37-104)133-84(75)135-74-57-30-45-31-58(74)132-56-22-19-44(29-50(56)91)70(110)68-82(120)100-66(83(121)122)47-32-54(106)48(36-94-38-136-125)71(111)63(47)46-27-42(17-20-53(46)105)64(79(117)102-68)99-80(118)65(45)98-78(116)52(33-60(92)107)96-81(119)67(101-77(115)51(93-8)26-40(2)3)69(109)43-18-21-55(131-57)49(90)28-43/h17-22,27-32,40-41,51-52,59,62,64-70,72-73,75-76,84,86,93-95,104-106,109-114H,9-16,23-26,33-39H2,1-8H3,(H2,92,107)(H,96,119)(H,97,108)(H,98,116)(H,99,118)(H,100,120)(H,101,115)(H,102,117)(H,121,122)/t41-,51+,52-,59+,62-,64+,65+,66-,67+,68-,69+,70+,72+,73-,75+,76+,84-,89-/m0/s1. The van der Waals surface area contributed by atoms with E-state index in [1.165, 1.54) is 38.8 Å². The van der Waals surface area contributed by atoms with Gasteiger partial charge in [0.15, 0.2) is 60.8 Å². The second kappa shape index (κ2) is 49.4. The van der Waals surface area contributed by atoms with E-state index in [4.69, 9.17) is 66.8 Å². The highest BCUT2D eigenvalue weighted by atomic mass is 35.5. The number of unbranched alkanes of at least 4 members (excludes halogenated alkanes) is 7. The van der Waals surface area contributed by atoms with Crippen LogP contribution in [0, 0.1) is 11.3 Å². The quantitative estimate of drug-likeness (QED) is 0.00995. The number of phenolic OH excluding ortho intramolecular Hbond substituents is 3. The number of hydrogen-bond donors (Lipinski definition) is 21. The number of likely N-dealkylation sites (N-methyl/N-ethyl adjacent to an activating group) is 1. The molecule has 752 valence electrons. The fourth-order valence-corrected chi connectivity index (χ4v) is 17.7. The summed E-state index contributed by atoms with van der Waals surface area (Å²) in [6.45, 7) is 9.00. The van der Waals surface area contributed by atoms with Crippen LogP contribution in [0.25, 0.3) is 11.1 Å². The molecule has 7 aliphatic heterocycles. The minimum absolute atomic E-state index is 0.0957. The van der Waals surface area contributed by atoms with Crippen LogP contribution in [0.5, 0.6) is 46.0 Å². The fraction of sp³-hybridized carbons (Fsp3) is 0.539. The number of fused-ring (bicyclic) bond motifs is 15. The number of esters is 1. The molecule has 7 heterocycles. The maximum absolute atomic E-state index is 16.4. The number of carboxylic acid groups (broad SMARTS) is 1. The van der Waals surface area contributed by atoms with Crippen LogP contribution in [0.3, 0.4) is 0 Å². The van der Waals surface area contributed by atoms with Gasteiger partial charge in [-0.05, 0) is 130 Å². The molecule has 7 aliphatic rings. The van der Waals surface area contributed by atoms with Gasteiger partial charge in [0.25, 0.3) is 0 Å². The average molecular weight is 2030 g/mol. The van der Waals surface area contributed by atoms with Gasteiger partial charge >= 0.3 is 18.0 Å². The highest BCUT2D eigenvalue weighted by Crippen LogP contribution is 2.51. The third kappa shape index (κ3) is 27.3. The molecule has 9 amide bonds. The van der Waals surface area contributed by atoms with Crippen molar-refractivity contribution >= 4 is 114 Å². The number of phenols is 3. The summed E-state index contributed by atoms with van der Waals surface area (Å²) < 4.78 is 84.7. The first-order valence-corrected chi connectivity index (χ1v) is 48.0. The summed E-state index contributed by atoms with van der Waals surface area (Å²) in [5, 5.41) is 144. The van der Waals surface area contributed by atoms with E-state index in [-0.39, 0.29) is 55.8 Å². The highest BCUT2D eigenvalue weighted by molar-refractivity contribution is 7.44. The molecule has 5 aromatic carbocycles. The molecule has 2 saturated heterocycles. The number of nitrogens with zero attached hydrogens (tertiary/aromatic N) is 1. The molecule has 0 aromatic heterocycles. The Balaban J connectivity index is 1.11. The molecular weight excluding hydrogens is 1910 g/mol. The first-order chi connectivity index (χ1) is 65.5. The molecule has 49 heteroatoms. The van der Waals surface area contributed by atoms with E-state index in [0.717, 1.165) is 105 Å². The number of amides is 9. The van der Waals surface area contributed by atoms with E-state index >= 15 is 24.0 Å². The first kappa shape index (κ1) is 109. The number of carbonyl (C=O) groups is 11. The minimum Gasteiger partial charge on any atom is -0.507 e. The molecule has 0 radical (unpaired) electrons. The molecule has 5 aromatic rings. The van der Waals surface area contributed by atoms with Crippen LogP contribution in [0.4, 0.5) is 4.79 Å². The topological polar surface area (TPSA) is 665 Å². The Morgan fingerprint density at radius 3 is 1.93 bits per heavy atom. The number of aliphatic hydroxyl groups excluding tert-OH is 6. The van der Waals surface area contributed by atoms with E-state index in [2.05, 4.69) is 60.1 Å². The van der Waals surface area contributed by atoms with Crippen LogP contribution in [0.1, 0.15) is 189 Å². The lowest BCUT2D eigenvalue weighted by atomic mass is 9.85. The van der Waals surface area contributed by atoms with Crippen molar-refractivity contribution in [2.24, 2.45) is 17.1 Å². The van der Waals surface area contributed by atoms with Gasteiger partial charge in [-0.3, -0.25) is 56.8 Å². The number of aliphatic hydroxyl groups is 6. The molecule has 0 saturated carbocycles. The molecule has 12 rings (SSSR count). The Hall–Kier alpha value is -10.7. The summed E-state index contributed by atoms with van der Waals surface area (Å²) in [6.07, 6.45) is -14.7. The molecule has 0 aliphatic carbocycles. The number of carbonyl (C=O) groups excluding carboxylic acids is 10. The number of rotatable bonds is 38. The summed E-state index contributed by atoms with van der Waals surface area (Å²) in [5.74, 6) is -18.8.